The van der Waals surface area contributed by atoms with Crippen LogP contribution in [0, 0.1) is 0 Å². The fourth-order valence-electron chi connectivity index (χ4n) is 1.95. The molecule has 0 saturated heterocycles. The molecule has 2 aromatic rings. The van der Waals surface area contributed by atoms with Gasteiger partial charge < -0.3 is 10.4 Å². The second-order valence-corrected chi connectivity index (χ2v) is 5.12. The van der Waals surface area contributed by atoms with Crippen molar-refractivity contribution in [2.45, 2.75) is 32.2 Å². The molecule has 0 spiro atoms. The van der Waals surface area contributed by atoms with Crippen LogP contribution in [-0.4, -0.2) is 42.6 Å². The molecule has 0 aliphatic heterocycles. The minimum Gasteiger partial charge on any atom is -0.480 e. The van der Waals surface area contributed by atoms with Gasteiger partial charge in [0.1, 0.15) is 6.54 Å². The fraction of sp³-hybridized carbons (Fsp3) is 0.385. The van der Waals surface area contributed by atoms with Crippen LogP contribution < -0.4 is 5.32 Å². The zero-order valence-corrected chi connectivity index (χ0v) is 12.5. The Kier molecular flexibility index (Phi) is 4.90. The van der Waals surface area contributed by atoms with E-state index >= 15 is 0 Å². The molecular weight excluding hydrogens is 331 g/mol. The molecule has 0 fully saturated rings. The Bertz CT molecular complexity index is 737. The Morgan fingerprint density at radius 3 is 2.67 bits per heavy atom. The molecule has 0 aliphatic rings. The van der Waals surface area contributed by atoms with Gasteiger partial charge in [-0.2, -0.15) is 23.4 Å². The minimum atomic E-state index is -4.52. The van der Waals surface area contributed by atoms with Gasteiger partial charge in [-0.15, -0.1) is 0 Å². The lowest BCUT2D eigenvalue weighted by atomic mass is 10.3. The van der Waals surface area contributed by atoms with Crippen LogP contribution in [0.5, 0.6) is 0 Å². The first-order valence-electron chi connectivity index (χ1n) is 6.81. The third-order valence-corrected chi connectivity index (χ3v) is 2.96. The summed E-state index contributed by atoms with van der Waals surface area (Å²) in [5.41, 5.74) is -0.851. The van der Waals surface area contributed by atoms with Crippen molar-refractivity contribution in [3.63, 3.8) is 0 Å². The third-order valence-electron chi connectivity index (χ3n) is 2.96. The molecule has 1 amide bonds. The number of nitrogens with one attached hydrogen (secondary N) is 1. The summed E-state index contributed by atoms with van der Waals surface area (Å²) in [6.07, 6.45) is -0.862. The van der Waals surface area contributed by atoms with E-state index < -0.39 is 29.8 Å². The molecule has 0 radical (unpaired) electrons. The van der Waals surface area contributed by atoms with Gasteiger partial charge in [0, 0.05) is 18.4 Å². The van der Waals surface area contributed by atoms with Gasteiger partial charge in [-0.3, -0.25) is 19.0 Å². The number of carbonyl (C=O) groups is 2. The molecular formula is C13H14F3N5O3. The molecule has 2 heterocycles. The summed E-state index contributed by atoms with van der Waals surface area (Å²) in [5.74, 6) is -1.61. The molecule has 0 aromatic carbocycles. The lowest BCUT2D eigenvalue weighted by Gasteiger charge is -2.13. The van der Waals surface area contributed by atoms with Crippen LogP contribution in [-0.2, 0) is 24.1 Å². The largest absolute Gasteiger partial charge is 0.480 e. The third kappa shape index (κ3) is 4.57. The normalized spacial score (nSPS) is 12.8. The number of hydrogen-bond acceptors (Lipinski definition) is 4. The number of amides is 1. The summed E-state index contributed by atoms with van der Waals surface area (Å²) >= 11 is 0. The van der Waals surface area contributed by atoms with Crippen molar-refractivity contribution >= 4 is 11.9 Å². The topological polar surface area (TPSA) is 102 Å². The highest BCUT2D eigenvalue weighted by atomic mass is 19.4. The second-order valence-electron chi connectivity index (χ2n) is 5.12. The highest BCUT2D eigenvalue weighted by Gasteiger charge is 2.33. The Hall–Kier alpha value is -2.85. The lowest BCUT2D eigenvalue weighted by molar-refractivity contribution is -0.141. The molecule has 11 heteroatoms. The van der Waals surface area contributed by atoms with Crippen LogP contribution in [0.25, 0.3) is 0 Å². The predicted molar refractivity (Wildman–Crippen MR) is 74.0 cm³/mol. The van der Waals surface area contributed by atoms with E-state index in [0.717, 1.165) is 15.4 Å². The maximum atomic E-state index is 12.5. The quantitative estimate of drug-likeness (QED) is 0.813. The molecule has 8 nitrogen and oxygen atoms in total. The van der Waals surface area contributed by atoms with Crippen LogP contribution in [0.2, 0.25) is 0 Å². The predicted octanol–water partition coefficient (Wildman–Crippen LogP) is 1.00. The van der Waals surface area contributed by atoms with Crippen molar-refractivity contribution in [3.8, 4) is 0 Å². The lowest BCUT2D eigenvalue weighted by Crippen LogP contribution is -2.35. The van der Waals surface area contributed by atoms with E-state index in [1.54, 1.807) is 6.92 Å². The van der Waals surface area contributed by atoms with Gasteiger partial charge in [-0.1, -0.05) is 0 Å². The molecule has 1 atom stereocenters. The smallest absolute Gasteiger partial charge is 0.435 e. The van der Waals surface area contributed by atoms with E-state index in [-0.39, 0.29) is 18.7 Å². The van der Waals surface area contributed by atoms with Crippen LogP contribution in [0.4, 0.5) is 13.2 Å². The van der Waals surface area contributed by atoms with Crippen molar-refractivity contribution in [3.05, 3.63) is 35.9 Å². The Balaban J connectivity index is 1.93. The zero-order chi connectivity index (χ0) is 17.9. The highest BCUT2D eigenvalue weighted by molar-refractivity contribution is 5.93. The van der Waals surface area contributed by atoms with Gasteiger partial charge >= 0.3 is 12.1 Å². The van der Waals surface area contributed by atoms with E-state index in [2.05, 4.69) is 15.5 Å². The standard InChI is InChI=1S/C13H14F3N5O3/c1-8(5-20-3-2-10(19-20)13(14,15)16)18-12(24)9-4-17-21(6-9)7-11(22)23/h2-4,6,8H,5,7H2,1H3,(H,18,24)(H,22,23). The minimum absolute atomic E-state index is 0.0467. The fourth-order valence-corrected chi connectivity index (χ4v) is 1.95. The Labute approximate surface area is 133 Å². The SMILES string of the molecule is CC(Cn1ccc(C(F)(F)F)n1)NC(=O)c1cnn(CC(=O)O)c1. The van der Waals surface area contributed by atoms with E-state index in [4.69, 9.17) is 5.11 Å². The number of carboxylic acids is 1. The van der Waals surface area contributed by atoms with Crippen molar-refractivity contribution in [1.29, 1.82) is 0 Å². The number of carboxylic acid groups (broad SMARTS) is 1. The first-order valence-corrected chi connectivity index (χ1v) is 6.81. The number of carbonyl (C=O) groups excluding carboxylic acids is 1. The van der Waals surface area contributed by atoms with E-state index in [0.29, 0.717) is 0 Å². The molecule has 2 aromatic heterocycles. The second kappa shape index (κ2) is 6.72. The van der Waals surface area contributed by atoms with Crippen molar-refractivity contribution < 1.29 is 27.9 Å². The average molecular weight is 345 g/mol. The van der Waals surface area contributed by atoms with Crippen molar-refractivity contribution in [1.82, 2.24) is 24.9 Å². The van der Waals surface area contributed by atoms with Crippen LogP contribution in [0.1, 0.15) is 23.0 Å². The number of hydrogen-bond donors (Lipinski definition) is 2. The highest BCUT2D eigenvalue weighted by Crippen LogP contribution is 2.27. The zero-order valence-electron chi connectivity index (χ0n) is 12.5. The number of alkyl halides is 3. The number of rotatable bonds is 6. The molecule has 24 heavy (non-hydrogen) atoms. The van der Waals surface area contributed by atoms with Gasteiger partial charge in [0.2, 0.25) is 0 Å². The van der Waals surface area contributed by atoms with Crippen molar-refractivity contribution in [2.24, 2.45) is 0 Å². The van der Waals surface area contributed by atoms with Gasteiger partial charge in [0.25, 0.3) is 5.91 Å². The molecule has 1 unspecified atom stereocenters. The molecule has 0 bridgehead atoms. The number of nitrogens with zero attached hydrogens (tertiary/aromatic N) is 4. The number of halogens is 3. The summed E-state index contributed by atoms with van der Waals surface area (Å²) in [7, 11) is 0. The molecule has 2 rings (SSSR count). The van der Waals surface area contributed by atoms with Crippen LogP contribution in [0.3, 0.4) is 0 Å². The molecule has 0 aliphatic carbocycles. The van der Waals surface area contributed by atoms with Crippen LogP contribution in [0.15, 0.2) is 24.7 Å². The maximum absolute atomic E-state index is 12.5. The van der Waals surface area contributed by atoms with Crippen molar-refractivity contribution in [2.75, 3.05) is 0 Å². The average Bonchev–Trinajstić information content (AvgIpc) is 3.06. The van der Waals surface area contributed by atoms with E-state index in [1.165, 1.54) is 18.6 Å². The summed E-state index contributed by atoms with van der Waals surface area (Å²) in [4.78, 5) is 22.5. The first kappa shape index (κ1) is 17.5. The summed E-state index contributed by atoms with van der Waals surface area (Å²) in [6, 6.07) is 0.353. The van der Waals surface area contributed by atoms with Crippen LogP contribution >= 0.6 is 0 Å². The maximum Gasteiger partial charge on any atom is 0.435 e. The summed E-state index contributed by atoms with van der Waals surface area (Å²) in [5, 5.41) is 18.3. The summed E-state index contributed by atoms with van der Waals surface area (Å²) in [6.45, 7) is 1.27. The molecule has 130 valence electrons. The number of aliphatic carboxylic acids is 1. The first-order chi connectivity index (χ1) is 11.1. The van der Waals surface area contributed by atoms with E-state index in [1.807, 2.05) is 0 Å². The van der Waals surface area contributed by atoms with Gasteiger partial charge in [0.15, 0.2) is 5.69 Å². The van der Waals surface area contributed by atoms with Gasteiger partial charge in [-0.25, -0.2) is 0 Å². The monoisotopic (exact) mass is 345 g/mol. The molecule has 2 N–H and O–H groups in total. The Morgan fingerprint density at radius 2 is 2.08 bits per heavy atom. The Morgan fingerprint density at radius 1 is 1.38 bits per heavy atom. The van der Waals surface area contributed by atoms with Gasteiger partial charge in [-0.05, 0) is 13.0 Å². The van der Waals surface area contributed by atoms with E-state index in [9.17, 15) is 22.8 Å². The van der Waals surface area contributed by atoms with Gasteiger partial charge in [0.05, 0.1) is 18.3 Å². The molecule has 0 saturated carbocycles. The number of aromatic nitrogens is 4. The summed E-state index contributed by atoms with van der Waals surface area (Å²) < 4.78 is 39.6.